The average Bonchev–Trinajstić information content (AvgIpc) is 2.81. The number of thiazole rings is 1. The minimum absolute atomic E-state index is 0.102. The summed E-state index contributed by atoms with van der Waals surface area (Å²) >= 11 is 1.32. The van der Waals surface area contributed by atoms with Crippen LogP contribution >= 0.6 is 11.3 Å². The molecule has 1 fully saturated rings. The van der Waals surface area contributed by atoms with E-state index in [2.05, 4.69) is 10.3 Å². The molecule has 0 amide bonds. The number of aromatic nitrogens is 1. The monoisotopic (exact) mass is 304 g/mol. The maximum absolute atomic E-state index is 11.5. The Hall–Kier alpha value is -1.15. The van der Waals surface area contributed by atoms with Crippen molar-refractivity contribution in [2.24, 2.45) is 0 Å². The first-order valence-corrected chi connectivity index (χ1v) is 8.80. The van der Waals surface area contributed by atoms with E-state index in [0.717, 1.165) is 0 Å². The summed E-state index contributed by atoms with van der Waals surface area (Å²) in [5.41, 5.74) is 0.290. The van der Waals surface area contributed by atoms with Crippen molar-refractivity contribution >= 4 is 32.3 Å². The number of ether oxygens (including phenoxy) is 1. The summed E-state index contributed by atoms with van der Waals surface area (Å²) in [6.07, 6.45) is 1.16. The van der Waals surface area contributed by atoms with Gasteiger partial charge in [0, 0.05) is 11.4 Å². The Kier molecular flexibility index (Phi) is 4.41. The molecule has 106 valence electrons. The van der Waals surface area contributed by atoms with Crippen LogP contribution in [0, 0.1) is 0 Å². The van der Waals surface area contributed by atoms with Crippen molar-refractivity contribution in [1.29, 1.82) is 0 Å². The summed E-state index contributed by atoms with van der Waals surface area (Å²) in [4.78, 5) is 15.6. The van der Waals surface area contributed by atoms with Gasteiger partial charge in [-0.05, 0) is 19.8 Å². The van der Waals surface area contributed by atoms with Crippen molar-refractivity contribution in [1.82, 2.24) is 4.98 Å². The molecule has 0 aliphatic carbocycles. The second-order valence-electron chi connectivity index (χ2n) is 4.33. The Balaban J connectivity index is 1.92. The molecule has 1 aromatic rings. The predicted molar refractivity (Wildman–Crippen MR) is 73.4 cm³/mol. The molecular weight excluding hydrogens is 288 g/mol. The first kappa shape index (κ1) is 14.3. The highest BCUT2D eigenvalue weighted by molar-refractivity contribution is 7.91. The molecule has 0 unspecified atom stereocenters. The van der Waals surface area contributed by atoms with Gasteiger partial charge in [0.1, 0.15) is 9.84 Å². The highest BCUT2D eigenvalue weighted by atomic mass is 32.2. The van der Waals surface area contributed by atoms with Gasteiger partial charge < -0.3 is 10.1 Å². The molecule has 1 aromatic heterocycles. The van der Waals surface area contributed by atoms with Gasteiger partial charge in [-0.2, -0.15) is 0 Å². The van der Waals surface area contributed by atoms with Crippen LogP contribution < -0.4 is 5.32 Å². The number of nitrogens with one attached hydrogen (secondary N) is 1. The summed E-state index contributed by atoms with van der Waals surface area (Å²) in [6, 6.07) is 0.102. The SMILES string of the molecule is CCOC(=O)c1csc(NC2CCS(=O)(=O)CC2)n1. The van der Waals surface area contributed by atoms with E-state index in [1.165, 1.54) is 11.3 Å². The lowest BCUT2D eigenvalue weighted by Crippen LogP contribution is -2.32. The number of rotatable bonds is 4. The molecule has 1 N–H and O–H groups in total. The number of carbonyl (C=O) groups excluding carboxylic acids is 1. The standard InChI is InChI=1S/C11H16N2O4S2/c1-2-17-10(14)9-7-18-11(13-9)12-8-3-5-19(15,16)6-4-8/h7-8H,2-6H2,1H3,(H,12,13). The zero-order valence-electron chi connectivity index (χ0n) is 10.6. The third kappa shape index (κ3) is 3.90. The first-order valence-electron chi connectivity index (χ1n) is 6.10. The summed E-state index contributed by atoms with van der Waals surface area (Å²) < 4.78 is 27.5. The molecule has 1 aliphatic rings. The summed E-state index contributed by atoms with van der Waals surface area (Å²) in [7, 11) is -2.85. The second-order valence-corrected chi connectivity index (χ2v) is 7.49. The smallest absolute Gasteiger partial charge is 0.357 e. The third-order valence-corrected chi connectivity index (χ3v) is 5.36. The van der Waals surface area contributed by atoms with E-state index < -0.39 is 15.8 Å². The fourth-order valence-corrected chi connectivity index (χ4v) is 4.10. The van der Waals surface area contributed by atoms with Crippen molar-refractivity contribution in [2.75, 3.05) is 23.4 Å². The molecule has 2 heterocycles. The van der Waals surface area contributed by atoms with Crippen LogP contribution in [0.15, 0.2) is 5.38 Å². The maximum Gasteiger partial charge on any atom is 0.357 e. The van der Waals surface area contributed by atoms with Crippen LogP contribution in [0.25, 0.3) is 0 Å². The van der Waals surface area contributed by atoms with Gasteiger partial charge in [-0.15, -0.1) is 11.3 Å². The summed E-state index contributed by atoms with van der Waals surface area (Å²) in [6.45, 7) is 2.06. The van der Waals surface area contributed by atoms with Crippen molar-refractivity contribution in [2.45, 2.75) is 25.8 Å². The molecule has 8 heteroatoms. The van der Waals surface area contributed by atoms with Crippen LogP contribution in [-0.2, 0) is 14.6 Å². The molecule has 19 heavy (non-hydrogen) atoms. The average molecular weight is 304 g/mol. The van der Waals surface area contributed by atoms with Crippen molar-refractivity contribution in [3.8, 4) is 0 Å². The third-order valence-electron chi connectivity index (χ3n) is 2.87. The maximum atomic E-state index is 11.5. The number of carbonyl (C=O) groups is 1. The van der Waals surface area contributed by atoms with Crippen LogP contribution in [0.5, 0.6) is 0 Å². The minimum atomic E-state index is -2.85. The number of nitrogens with zero attached hydrogens (tertiary/aromatic N) is 1. The molecule has 2 rings (SSSR count). The normalized spacial score (nSPS) is 19.0. The highest BCUT2D eigenvalue weighted by Crippen LogP contribution is 2.21. The van der Waals surface area contributed by atoms with Gasteiger partial charge in [-0.25, -0.2) is 18.2 Å². The molecule has 1 saturated heterocycles. The second kappa shape index (κ2) is 5.87. The summed E-state index contributed by atoms with van der Waals surface area (Å²) in [5, 5.41) is 5.44. The molecular formula is C11H16N2O4S2. The summed E-state index contributed by atoms with van der Waals surface area (Å²) in [5.74, 6) is -0.0142. The molecule has 0 spiro atoms. The van der Waals surface area contributed by atoms with Crippen molar-refractivity contribution in [3.05, 3.63) is 11.1 Å². The highest BCUT2D eigenvalue weighted by Gasteiger charge is 2.24. The number of sulfone groups is 1. The van der Waals surface area contributed by atoms with E-state index in [-0.39, 0.29) is 23.2 Å². The Morgan fingerprint density at radius 3 is 2.84 bits per heavy atom. The molecule has 0 atom stereocenters. The number of anilines is 1. The quantitative estimate of drug-likeness (QED) is 0.844. The van der Waals surface area contributed by atoms with Gasteiger partial charge in [0.2, 0.25) is 0 Å². The number of hydrogen-bond acceptors (Lipinski definition) is 7. The molecule has 0 saturated carbocycles. The van der Waals surface area contributed by atoms with E-state index in [9.17, 15) is 13.2 Å². The minimum Gasteiger partial charge on any atom is -0.461 e. The Bertz CT molecular complexity index is 539. The Morgan fingerprint density at radius 2 is 2.21 bits per heavy atom. The van der Waals surface area contributed by atoms with E-state index in [1.807, 2.05) is 0 Å². The van der Waals surface area contributed by atoms with Gasteiger partial charge in [-0.1, -0.05) is 0 Å². The fraction of sp³-hybridized carbons (Fsp3) is 0.636. The molecule has 0 bridgehead atoms. The largest absolute Gasteiger partial charge is 0.461 e. The van der Waals surface area contributed by atoms with E-state index in [0.29, 0.717) is 24.6 Å². The zero-order valence-corrected chi connectivity index (χ0v) is 12.2. The van der Waals surface area contributed by atoms with Crippen molar-refractivity contribution in [3.63, 3.8) is 0 Å². The Labute approximate surface area is 116 Å². The van der Waals surface area contributed by atoms with Gasteiger partial charge in [0.15, 0.2) is 10.8 Å². The van der Waals surface area contributed by atoms with Crippen LogP contribution in [0.1, 0.15) is 30.3 Å². The van der Waals surface area contributed by atoms with Crippen LogP contribution in [0.2, 0.25) is 0 Å². The predicted octanol–water partition coefficient (Wildman–Crippen LogP) is 1.31. The van der Waals surface area contributed by atoms with Gasteiger partial charge >= 0.3 is 5.97 Å². The number of esters is 1. The number of hydrogen-bond donors (Lipinski definition) is 1. The first-order chi connectivity index (χ1) is 9.00. The lowest BCUT2D eigenvalue weighted by Gasteiger charge is -2.22. The lowest BCUT2D eigenvalue weighted by atomic mass is 10.2. The molecule has 1 aliphatic heterocycles. The molecule has 0 aromatic carbocycles. The van der Waals surface area contributed by atoms with Gasteiger partial charge in [-0.3, -0.25) is 0 Å². The van der Waals surface area contributed by atoms with Crippen molar-refractivity contribution < 1.29 is 17.9 Å². The lowest BCUT2D eigenvalue weighted by molar-refractivity contribution is 0.0520. The topological polar surface area (TPSA) is 85.4 Å². The van der Waals surface area contributed by atoms with E-state index >= 15 is 0 Å². The molecule has 0 radical (unpaired) electrons. The zero-order chi connectivity index (χ0) is 13.9. The molecule has 6 nitrogen and oxygen atoms in total. The van der Waals surface area contributed by atoms with E-state index in [1.54, 1.807) is 12.3 Å². The van der Waals surface area contributed by atoms with Gasteiger partial charge in [0.25, 0.3) is 0 Å². The fourth-order valence-electron chi connectivity index (χ4n) is 1.85. The Morgan fingerprint density at radius 1 is 1.53 bits per heavy atom. The van der Waals surface area contributed by atoms with Crippen LogP contribution in [0.3, 0.4) is 0 Å². The van der Waals surface area contributed by atoms with Crippen LogP contribution in [-0.4, -0.2) is 43.5 Å². The van der Waals surface area contributed by atoms with Gasteiger partial charge in [0.05, 0.1) is 18.1 Å². The van der Waals surface area contributed by atoms with E-state index in [4.69, 9.17) is 4.74 Å². The van der Waals surface area contributed by atoms with Crippen LogP contribution in [0.4, 0.5) is 5.13 Å².